The van der Waals surface area contributed by atoms with Crippen LogP contribution in [0.4, 0.5) is 0 Å². The molecule has 0 radical (unpaired) electrons. The van der Waals surface area contributed by atoms with Gasteiger partial charge in [0.15, 0.2) is 0 Å². The Kier molecular flexibility index (Phi) is 4.78. The Balaban J connectivity index is 2.32. The molecule has 0 spiro atoms. The molecule has 15 heavy (non-hydrogen) atoms. The fourth-order valence-corrected chi connectivity index (χ4v) is 1.90. The van der Waals surface area contributed by atoms with Crippen LogP contribution in [-0.4, -0.2) is 34.9 Å². The van der Waals surface area contributed by atoms with Crippen LogP contribution in [0.2, 0.25) is 0 Å². The Morgan fingerprint density at radius 2 is 2.13 bits per heavy atom. The topological polar surface area (TPSA) is 69.6 Å². The number of aliphatic hydroxyl groups is 1. The fourth-order valence-electron chi connectivity index (χ4n) is 1.90. The highest BCUT2D eigenvalue weighted by Gasteiger charge is 2.21. The zero-order chi connectivity index (χ0) is 11.3. The van der Waals surface area contributed by atoms with Crippen molar-refractivity contribution in [1.82, 2.24) is 5.32 Å². The summed E-state index contributed by atoms with van der Waals surface area (Å²) in [5.41, 5.74) is 0.778. The summed E-state index contributed by atoms with van der Waals surface area (Å²) in [7, 11) is 0. The van der Waals surface area contributed by atoms with Crippen molar-refractivity contribution in [1.29, 1.82) is 0 Å². The van der Waals surface area contributed by atoms with Crippen molar-refractivity contribution in [3.05, 3.63) is 11.6 Å². The van der Waals surface area contributed by atoms with Gasteiger partial charge in [-0.15, -0.1) is 0 Å². The van der Waals surface area contributed by atoms with Crippen molar-refractivity contribution in [2.75, 3.05) is 6.54 Å². The molecular weight excluding hydrogens is 194 g/mol. The van der Waals surface area contributed by atoms with Crippen LogP contribution in [0.25, 0.3) is 0 Å². The summed E-state index contributed by atoms with van der Waals surface area (Å²) >= 11 is 0. The van der Waals surface area contributed by atoms with Crippen molar-refractivity contribution in [3.8, 4) is 0 Å². The van der Waals surface area contributed by atoms with E-state index in [4.69, 9.17) is 5.11 Å². The summed E-state index contributed by atoms with van der Waals surface area (Å²) in [4.78, 5) is 10.4. The fraction of sp³-hybridized carbons (Fsp3) is 0.727. The predicted octanol–water partition coefficient (Wildman–Crippen LogP) is 0.910. The number of aliphatic hydroxyl groups excluding tert-OH is 1. The average Bonchev–Trinajstić information content (AvgIpc) is 2.15. The zero-order valence-electron chi connectivity index (χ0n) is 9.07. The van der Waals surface area contributed by atoms with E-state index in [1.165, 1.54) is 6.08 Å². The standard InChI is InChI=1S/C11H19NO3/c1-8(6-11(14)15)7-12-9-4-2-3-5-10(9)13/h6,9-10,12-13H,2-5,7H2,1H3,(H,14,15). The van der Waals surface area contributed by atoms with Gasteiger partial charge in [-0.3, -0.25) is 0 Å². The number of carboxylic acids is 1. The van der Waals surface area contributed by atoms with Crippen molar-refractivity contribution in [3.63, 3.8) is 0 Å². The maximum absolute atomic E-state index is 10.4. The summed E-state index contributed by atoms with van der Waals surface area (Å²) in [6, 6.07) is 0.121. The molecule has 1 aliphatic rings. The van der Waals surface area contributed by atoms with E-state index in [1.807, 2.05) is 0 Å². The van der Waals surface area contributed by atoms with E-state index < -0.39 is 5.97 Å². The van der Waals surface area contributed by atoms with Crippen molar-refractivity contribution < 1.29 is 15.0 Å². The normalized spacial score (nSPS) is 27.7. The van der Waals surface area contributed by atoms with Crippen molar-refractivity contribution in [2.45, 2.75) is 44.8 Å². The van der Waals surface area contributed by atoms with Gasteiger partial charge in [0.1, 0.15) is 0 Å². The van der Waals surface area contributed by atoms with Gasteiger partial charge in [0, 0.05) is 18.7 Å². The van der Waals surface area contributed by atoms with Gasteiger partial charge in [0.05, 0.1) is 6.10 Å². The van der Waals surface area contributed by atoms with Gasteiger partial charge in [-0.25, -0.2) is 4.79 Å². The molecule has 1 aliphatic carbocycles. The summed E-state index contributed by atoms with van der Waals surface area (Å²) in [6.07, 6.45) is 4.96. The number of rotatable bonds is 4. The SMILES string of the molecule is CC(=CC(=O)O)CNC1CCCCC1O. The highest BCUT2D eigenvalue weighted by atomic mass is 16.4. The summed E-state index contributed by atoms with van der Waals surface area (Å²) in [5.74, 6) is -0.918. The molecule has 4 heteroatoms. The number of hydrogen-bond acceptors (Lipinski definition) is 3. The van der Waals surface area contributed by atoms with Gasteiger partial charge >= 0.3 is 5.97 Å². The van der Waals surface area contributed by atoms with Crippen LogP contribution < -0.4 is 5.32 Å². The van der Waals surface area contributed by atoms with E-state index in [9.17, 15) is 9.90 Å². The third-order valence-electron chi connectivity index (χ3n) is 2.74. The van der Waals surface area contributed by atoms with E-state index in [2.05, 4.69) is 5.32 Å². The minimum atomic E-state index is -0.918. The smallest absolute Gasteiger partial charge is 0.328 e. The van der Waals surface area contributed by atoms with E-state index in [1.54, 1.807) is 6.92 Å². The Hall–Kier alpha value is -0.870. The first-order chi connectivity index (χ1) is 7.09. The summed E-state index contributed by atoms with van der Waals surface area (Å²) in [6.45, 7) is 2.31. The molecule has 0 bridgehead atoms. The molecular formula is C11H19NO3. The molecule has 86 valence electrons. The van der Waals surface area contributed by atoms with Gasteiger partial charge in [-0.1, -0.05) is 18.4 Å². The minimum absolute atomic E-state index is 0.121. The molecule has 2 unspecified atom stereocenters. The van der Waals surface area contributed by atoms with Gasteiger partial charge in [0.25, 0.3) is 0 Å². The van der Waals surface area contributed by atoms with Crippen LogP contribution in [-0.2, 0) is 4.79 Å². The van der Waals surface area contributed by atoms with Gasteiger partial charge in [-0.2, -0.15) is 0 Å². The van der Waals surface area contributed by atoms with E-state index in [0.29, 0.717) is 6.54 Å². The second kappa shape index (κ2) is 5.88. The predicted molar refractivity (Wildman–Crippen MR) is 57.7 cm³/mol. The van der Waals surface area contributed by atoms with E-state index in [-0.39, 0.29) is 12.1 Å². The lowest BCUT2D eigenvalue weighted by molar-refractivity contribution is -0.131. The molecule has 0 saturated heterocycles. The Labute approximate surface area is 90.0 Å². The summed E-state index contributed by atoms with van der Waals surface area (Å²) < 4.78 is 0. The molecule has 1 rings (SSSR count). The van der Waals surface area contributed by atoms with Crippen molar-refractivity contribution in [2.24, 2.45) is 0 Å². The van der Waals surface area contributed by atoms with Crippen LogP contribution in [0.5, 0.6) is 0 Å². The number of hydrogen-bond donors (Lipinski definition) is 3. The Morgan fingerprint density at radius 3 is 2.73 bits per heavy atom. The number of carbonyl (C=O) groups is 1. The molecule has 0 aliphatic heterocycles. The molecule has 0 amide bonds. The number of nitrogens with one attached hydrogen (secondary N) is 1. The van der Waals surface area contributed by atoms with Gasteiger partial charge < -0.3 is 15.5 Å². The molecule has 0 heterocycles. The maximum Gasteiger partial charge on any atom is 0.328 e. The highest BCUT2D eigenvalue weighted by molar-refractivity contribution is 5.80. The van der Waals surface area contributed by atoms with Crippen LogP contribution in [0.15, 0.2) is 11.6 Å². The quantitative estimate of drug-likeness (QED) is 0.607. The number of aliphatic carboxylic acids is 1. The lowest BCUT2D eigenvalue weighted by atomic mass is 9.92. The highest BCUT2D eigenvalue weighted by Crippen LogP contribution is 2.18. The largest absolute Gasteiger partial charge is 0.478 e. The third kappa shape index (κ3) is 4.44. The number of carboxylic acid groups (broad SMARTS) is 1. The molecule has 1 fully saturated rings. The molecule has 2 atom stereocenters. The Morgan fingerprint density at radius 1 is 1.47 bits per heavy atom. The van der Waals surface area contributed by atoms with Crippen LogP contribution in [0.3, 0.4) is 0 Å². The molecule has 0 aromatic heterocycles. The zero-order valence-corrected chi connectivity index (χ0v) is 9.07. The lowest BCUT2D eigenvalue weighted by Gasteiger charge is -2.28. The van der Waals surface area contributed by atoms with Crippen LogP contribution in [0, 0.1) is 0 Å². The average molecular weight is 213 g/mol. The first-order valence-corrected chi connectivity index (χ1v) is 5.41. The molecule has 0 aromatic rings. The van der Waals surface area contributed by atoms with Crippen molar-refractivity contribution >= 4 is 5.97 Å². The first-order valence-electron chi connectivity index (χ1n) is 5.41. The second-order valence-corrected chi connectivity index (χ2v) is 4.17. The molecule has 1 saturated carbocycles. The van der Waals surface area contributed by atoms with E-state index in [0.717, 1.165) is 31.3 Å². The maximum atomic E-state index is 10.4. The molecule has 4 nitrogen and oxygen atoms in total. The Bertz CT molecular complexity index is 250. The summed E-state index contributed by atoms with van der Waals surface area (Å²) in [5, 5.41) is 21.4. The minimum Gasteiger partial charge on any atom is -0.478 e. The van der Waals surface area contributed by atoms with Crippen LogP contribution in [0.1, 0.15) is 32.6 Å². The van der Waals surface area contributed by atoms with Crippen LogP contribution >= 0.6 is 0 Å². The van der Waals surface area contributed by atoms with Gasteiger partial charge in [0.2, 0.25) is 0 Å². The van der Waals surface area contributed by atoms with Gasteiger partial charge in [-0.05, 0) is 19.8 Å². The second-order valence-electron chi connectivity index (χ2n) is 4.17. The molecule has 0 aromatic carbocycles. The monoisotopic (exact) mass is 213 g/mol. The molecule has 3 N–H and O–H groups in total. The third-order valence-corrected chi connectivity index (χ3v) is 2.74. The lowest BCUT2D eigenvalue weighted by Crippen LogP contribution is -2.42. The first kappa shape index (κ1) is 12.2. The van der Waals surface area contributed by atoms with E-state index >= 15 is 0 Å².